The zero-order valence-electron chi connectivity index (χ0n) is 14.1. The summed E-state index contributed by atoms with van der Waals surface area (Å²) in [7, 11) is 0. The van der Waals surface area contributed by atoms with E-state index in [2.05, 4.69) is 22.6 Å². The van der Waals surface area contributed by atoms with Gasteiger partial charge in [0.15, 0.2) is 5.78 Å². The topological polar surface area (TPSA) is 141 Å². The van der Waals surface area contributed by atoms with Crippen molar-refractivity contribution < 1.29 is 30.0 Å². The van der Waals surface area contributed by atoms with E-state index in [1.165, 1.54) is 6.07 Å². The average molecular weight is 483 g/mol. The molecular weight excluding hydrogens is 465 g/mol. The Morgan fingerprint density at radius 3 is 2.52 bits per heavy atom. The van der Waals surface area contributed by atoms with Gasteiger partial charge in [-0.1, -0.05) is 0 Å². The maximum atomic E-state index is 12.2. The number of benzene rings is 1. The first-order chi connectivity index (χ1) is 12.7. The Labute approximate surface area is 168 Å². The van der Waals surface area contributed by atoms with Crippen LogP contribution >= 0.6 is 22.6 Å². The number of amides is 1. The van der Waals surface area contributed by atoms with Crippen molar-refractivity contribution >= 4 is 34.3 Å². The van der Waals surface area contributed by atoms with Crippen LogP contribution in [0.25, 0.3) is 0 Å². The minimum absolute atomic E-state index is 0.000917. The molecule has 1 aromatic carbocycles. The van der Waals surface area contributed by atoms with Gasteiger partial charge in [-0.25, -0.2) is 0 Å². The third-order valence-electron chi connectivity index (χ3n) is 5.91. The number of Topliss-reactive ketones (excluding diaryl/α,β-unsaturated/α-hetero) is 1. The van der Waals surface area contributed by atoms with Crippen molar-refractivity contribution in [2.24, 2.45) is 23.5 Å². The van der Waals surface area contributed by atoms with Gasteiger partial charge >= 0.3 is 0 Å². The Kier molecular flexibility index (Phi) is 4.22. The number of hydrogen-bond acceptors (Lipinski definition) is 6. The third kappa shape index (κ3) is 2.57. The Morgan fingerprint density at radius 2 is 1.85 bits per heavy atom. The first kappa shape index (κ1) is 18.3. The summed E-state index contributed by atoms with van der Waals surface area (Å²) in [4.78, 5) is 23.8. The fourth-order valence-electron chi connectivity index (χ4n) is 4.79. The van der Waals surface area contributed by atoms with Gasteiger partial charge in [-0.05, 0) is 65.0 Å². The lowest BCUT2D eigenvalue weighted by Gasteiger charge is -2.43. The van der Waals surface area contributed by atoms with Crippen LogP contribution in [0.5, 0.6) is 5.75 Å². The summed E-state index contributed by atoms with van der Waals surface area (Å²) in [5, 5.41) is 42.5. The fourth-order valence-corrected chi connectivity index (χ4v) is 5.48. The quantitative estimate of drug-likeness (QED) is 0.306. The summed E-state index contributed by atoms with van der Waals surface area (Å²) in [5.41, 5.74) is 6.23. The highest BCUT2D eigenvalue weighted by molar-refractivity contribution is 14.1. The van der Waals surface area contributed by atoms with Gasteiger partial charge in [0.2, 0.25) is 0 Å². The van der Waals surface area contributed by atoms with Gasteiger partial charge in [0.1, 0.15) is 28.9 Å². The highest BCUT2D eigenvalue weighted by Crippen LogP contribution is 2.53. The Hall–Kier alpha value is -2.07. The molecule has 4 rings (SSSR count). The lowest BCUT2D eigenvalue weighted by atomic mass is 9.62. The van der Waals surface area contributed by atoms with Crippen LogP contribution in [0.1, 0.15) is 30.1 Å². The minimum Gasteiger partial charge on any atom is -0.511 e. The van der Waals surface area contributed by atoms with Gasteiger partial charge in [0.25, 0.3) is 5.91 Å². The van der Waals surface area contributed by atoms with E-state index in [4.69, 9.17) is 5.73 Å². The van der Waals surface area contributed by atoms with Crippen LogP contribution < -0.4 is 5.73 Å². The normalized spacial score (nSPS) is 29.9. The lowest BCUT2D eigenvalue weighted by Crippen LogP contribution is -2.41. The monoisotopic (exact) mass is 483 g/mol. The molecule has 0 radical (unpaired) electrons. The number of hydrogen-bond donors (Lipinski definition) is 5. The Balaban J connectivity index is 1.89. The van der Waals surface area contributed by atoms with Crippen LogP contribution in [0.4, 0.5) is 0 Å². The minimum atomic E-state index is -1.23. The summed E-state index contributed by atoms with van der Waals surface area (Å²) in [5.74, 6) is -3.93. The van der Waals surface area contributed by atoms with Gasteiger partial charge < -0.3 is 26.2 Å². The molecule has 3 aliphatic carbocycles. The summed E-state index contributed by atoms with van der Waals surface area (Å²) in [6.45, 7) is 0. The van der Waals surface area contributed by atoms with Gasteiger partial charge in [-0.2, -0.15) is 0 Å². The van der Waals surface area contributed by atoms with E-state index in [1.807, 2.05) is 0 Å². The molecule has 27 heavy (non-hydrogen) atoms. The van der Waals surface area contributed by atoms with E-state index < -0.39 is 35.0 Å². The SMILES string of the molecule is NC(=O)C1=C(O)C2C(O)=C3[C@@H](Cc4c(I)ccc(O)c4[C@@H]3O)CC2CC1=O. The number of carbonyl (C=O) groups is 2. The number of ketones is 1. The van der Waals surface area contributed by atoms with Crippen LogP contribution in [0.15, 0.2) is 34.8 Å². The Morgan fingerprint density at radius 1 is 1.15 bits per heavy atom. The number of rotatable bonds is 1. The zero-order valence-corrected chi connectivity index (χ0v) is 16.3. The second-order valence-electron chi connectivity index (χ2n) is 7.33. The average Bonchev–Trinajstić information content (AvgIpc) is 2.57. The molecule has 0 saturated carbocycles. The van der Waals surface area contributed by atoms with Crippen molar-refractivity contribution in [3.05, 3.63) is 49.5 Å². The number of phenols is 1. The molecule has 7 nitrogen and oxygen atoms in total. The largest absolute Gasteiger partial charge is 0.511 e. The molecule has 2 unspecified atom stereocenters. The Bertz CT molecular complexity index is 950. The molecule has 6 N–H and O–H groups in total. The van der Waals surface area contributed by atoms with E-state index in [9.17, 15) is 30.0 Å². The number of aliphatic hydroxyl groups is 3. The number of carbonyl (C=O) groups excluding carboxylic acids is 2. The molecule has 0 spiro atoms. The van der Waals surface area contributed by atoms with E-state index in [-0.39, 0.29) is 29.8 Å². The molecule has 142 valence electrons. The first-order valence-corrected chi connectivity index (χ1v) is 9.67. The third-order valence-corrected chi connectivity index (χ3v) is 6.92. The molecule has 0 aromatic heterocycles. The number of aliphatic hydroxyl groups excluding tert-OH is 3. The number of phenolic OH excluding ortho intramolecular Hbond substituents is 1. The summed E-state index contributed by atoms with van der Waals surface area (Å²) < 4.78 is 0.901. The summed E-state index contributed by atoms with van der Waals surface area (Å²) in [6.07, 6.45) is -0.255. The van der Waals surface area contributed by atoms with Crippen molar-refractivity contribution in [2.45, 2.75) is 25.4 Å². The van der Waals surface area contributed by atoms with Crippen molar-refractivity contribution in [3.63, 3.8) is 0 Å². The number of fused-ring (bicyclic) bond motifs is 3. The van der Waals surface area contributed by atoms with E-state index in [1.54, 1.807) is 6.07 Å². The molecule has 4 atom stereocenters. The van der Waals surface area contributed by atoms with Crippen molar-refractivity contribution in [1.82, 2.24) is 0 Å². The fraction of sp³-hybridized carbons (Fsp3) is 0.368. The highest BCUT2D eigenvalue weighted by Gasteiger charge is 2.49. The number of nitrogens with two attached hydrogens (primary N) is 1. The molecule has 8 heteroatoms. The highest BCUT2D eigenvalue weighted by atomic mass is 127. The molecule has 3 aliphatic rings. The second-order valence-corrected chi connectivity index (χ2v) is 8.49. The van der Waals surface area contributed by atoms with Crippen LogP contribution in [-0.4, -0.2) is 32.1 Å². The maximum absolute atomic E-state index is 12.2. The van der Waals surface area contributed by atoms with Gasteiger partial charge in [0, 0.05) is 21.1 Å². The van der Waals surface area contributed by atoms with Crippen molar-refractivity contribution in [2.75, 3.05) is 0 Å². The lowest BCUT2D eigenvalue weighted by molar-refractivity contribution is -0.123. The predicted molar refractivity (Wildman–Crippen MR) is 103 cm³/mol. The van der Waals surface area contributed by atoms with E-state index >= 15 is 0 Å². The molecule has 1 amide bonds. The molecular formula is C19H18INO6. The molecule has 0 heterocycles. The van der Waals surface area contributed by atoms with Gasteiger partial charge in [-0.15, -0.1) is 0 Å². The van der Waals surface area contributed by atoms with E-state index in [0.29, 0.717) is 24.0 Å². The maximum Gasteiger partial charge on any atom is 0.255 e. The predicted octanol–water partition coefficient (Wildman–Crippen LogP) is 1.92. The second kappa shape index (κ2) is 6.23. The van der Waals surface area contributed by atoms with Crippen molar-refractivity contribution in [3.8, 4) is 5.75 Å². The summed E-state index contributed by atoms with van der Waals surface area (Å²) >= 11 is 2.14. The van der Waals surface area contributed by atoms with Crippen molar-refractivity contribution in [1.29, 1.82) is 0 Å². The zero-order chi connectivity index (χ0) is 19.6. The van der Waals surface area contributed by atoms with E-state index in [0.717, 1.165) is 9.13 Å². The molecule has 0 saturated heterocycles. The first-order valence-electron chi connectivity index (χ1n) is 8.59. The number of aromatic hydroxyl groups is 1. The van der Waals surface area contributed by atoms with Crippen LogP contribution in [0, 0.1) is 21.3 Å². The molecule has 0 fully saturated rings. The smallest absolute Gasteiger partial charge is 0.255 e. The van der Waals surface area contributed by atoms with Gasteiger partial charge in [-0.3, -0.25) is 9.59 Å². The molecule has 0 aliphatic heterocycles. The van der Waals surface area contributed by atoms with Gasteiger partial charge in [0.05, 0.1) is 5.92 Å². The number of halogens is 1. The van der Waals surface area contributed by atoms with Crippen LogP contribution in [0.3, 0.4) is 0 Å². The molecule has 1 aromatic rings. The van der Waals surface area contributed by atoms with Crippen LogP contribution in [-0.2, 0) is 16.0 Å². The van der Waals surface area contributed by atoms with Crippen LogP contribution in [0.2, 0.25) is 0 Å². The summed E-state index contributed by atoms with van der Waals surface area (Å²) in [6, 6.07) is 3.26. The standard InChI is InChI=1S/C19H18INO6/c20-9-1-2-10(22)14-8(9)4-6-3-7-5-11(23)15(19(21)27)18(26)13(7)16(24)12(6)17(14)25/h1-2,6-7,13,17,22,24-26H,3-5H2,(H2,21,27)/t6-,7?,13?,17-/m1/s1. The molecule has 0 bridgehead atoms. The number of primary amides is 1.